The Kier molecular flexibility index (Phi) is 3.92. The van der Waals surface area contributed by atoms with Gasteiger partial charge in [-0.15, -0.1) is 0 Å². The van der Waals surface area contributed by atoms with Gasteiger partial charge in [0, 0.05) is 12.0 Å². The fraction of sp³-hybridized carbons (Fsp3) is 0.615. The van der Waals surface area contributed by atoms with Gasteiger partial charge in [0.1, 0.15) is 5.76 Å². The summed E-state index contributed by atoms with van der Waals surface area (Å²) in [6, 6.07) is 2.08. The van der Waals surface area contributed by atoms with E-state index in [0.29, 0.717) is 5.92 Å². The highest BCUT2D eigenvalue weighted by Gasteiger charge is 2.27. The lowest BCUT2D eigenvalue weighted by Gasteiger charge is -2.24. The molecule has 1 N–H and O–H groups in total. The van der Waals surface area contributed by atoms with E-state index in [1.165, 1.54) is 0 Å². The second kappa shape index (κ2) is 5.25. The van der Waals surface area contributed by atoms with Gasteiger partial charge in [-0.1, -0.05) is 29.8 Å². The van der Waals surface area contributed by atoms with E-state index >= 15 is 0 Å². The van der Waals surface area contributed by atoms with Gasteiger partial charge in [-0.3, -0.25) is 4.79 Å². The van der Waals surface area contributed by atoms with Crippen LogP contribution in [0.15, 0.2) is 16.7 Å². The van der Waals surface area contributed by atoms with Crippen molar-refractivity contribution in [2.45, 2.75) is 44.0 Å². The van der Waals surface area contributed by atoms with Crippen molar-refractivity contribution in [3.63, 3.8) is 0 Å². The number of nitrogens with one attached hydrogen (secondary N) is 1. The van der Waals surface area contributed by atoms with Gasteiger partial charge in [-0.25, -0.2) is 0 Å². The van der Waals surface area contributed by atoms with E-state index in [1.54, 1.807) is 6.26 Å². The first-order chi connectivity index (χ1) is 8.09. The Labute approximate surface area is 110 Å². The van der Waals surface area contributed by atoms with E-state index in [-0.39, 0.29) is 16.8 Å². The molecule has 1 aliphatic carbocycles. The Morgan fingerprint density at radius 3 is 3.06 bits per heavy atom. The Morgan fingerprint density at radius 1 is 1.59 bits per heavy atom. The second-order valence-corrected chi connectivity index (χ2v) is 5.88. The molecule has 0 radical (unpaired) electrons. The van der Waals surface area contributed by atoms with Crippen LogP contribution in [0.4, 0.5) is 0 Å². The SMILES string of the molecule is CC(C)C(Br)C(=O)NC1CCCc2occc21. The van der Waals surface area contributed by atoms with Crippen molar-refractivity contribution in [3.05, 3.63) is 23.7 Å². The number of amides is 1. The molecule has 1 aromatic heterocycles. The Hall–Kier alpha value is -0.770. The standard InChI is InChI=1S/C13H18BrNO2/c1-8(2)12(14)13(16)15-10-4-3-5-11-9(10)6-7-17-11/h6-8,10,12H,3-5H2,1-2H3,(H,15,16). The molecule has 0 fully saturated rings. The van der Waals surface area contributed by atoms with Crippen molar-refractivity contribution >= 4 is 21.8 Å². The zero-order chi connectivity index (χ0) is 12.4. The summed E-state index contributed by atoms with van der Waals surface area (Å²) in [7, 11) is 0. The van der Waals surface area contributed by atoms with Gasteiger partial charge in [-0.05, 0) is 24.8 Å². The van der Waals surface area contributed by atoms with Gasteiger partial charge in [-0.2, -0.15) is 0 Å². The molecule has 4 heteroatoms. The molecular weight excluding hydrogens is 282 g/mol. The smallest absolute Gasteiger partial charge is 0.234 e. The maximum atomic E-state index is 12.0. The van der Waals surface area contributed by atoms with Crippen LogP contribution in [0.3, 0.4) is 0 Å². The zero-order valence-electron chi connectivity index (χ0n) is 10.2. The third-order valence-electron chi connectivity index (χ3n) is 3.20. The minimum Gasteiger partial charge on any atom is -0.469 e. The molecule has 0 saturated heterocycles. The molecule has 1 heterocycles. The number of aryl methyl sites for hydroxylation is 1. The number of fused-ring (bicyclic) bond motifs is 1. The first kappa shape index (κ1) is 12.7. The molecule has 0 bridgehead atoms. The molecule has 3 nitrogen and oxygen atoms in total. The summed E-state index contributed by atoms with van der Waals surface area (Å²) in [4.78, 5) is 11.9. The molecule has 0 aromatic carbocycles. The average Bonchev–Trinajstić information content (AvgIpc) is 2.76. The highest BCUT2D eigenvalue weighted by molar-refractivity contribution is 9.10. The van der Waals surface area contributed by atoms with Crippen LogP contribution in [-0.4, -0.2) is 10.7 Å². The summed E-state index contributed by atoms with van der Waals surface area (Å²) in [6.07, 6.45) is 4.76. The lowest BCUT2D eigenvalue weighted by molar-refractivity contribution is -0.121. The largest absolute Gasteiger partial charge is 0.469 e. The Morgan fingerprint density at radius 2 is 2.35 bits per heavy atom. The fourth-order valence-corrected chi connectivity index (χ4v) is 2.32. The number of hydrogen-bond donors (Lipinski definition) is 1. The summed E-state index contributed by atoms with van der Waals surface area (Å²) >= 11 is 3.43. The Bertz CT molecular complexity index is 400. The van der Waals surface area contributed by atoms with Gasteiger partial charge in [0.2, 0.25) is 5.91 Å². The van der Waals surface area contributed by atoms with E-state index < -0.39 is 0 Å². The molecule has 2 rings (SSSR count). The second-order valence-electron chi connectivity index (χ2n) is 4.90. The summed E-state index contributed by atoms with van der Waals surface area (Å²) in [5.74, 6) is 1.39. The number of carbonyl (C=O) groups is 1. The predicted molar refractivity (Wildman–Crippen MR) is 70.1 cm³/mol. The van der Waals surface area contributed by atoms with Crippen molar-refractivity contribution in [1.29, 1.82) is 0 Å². The van der Waals surface area contributed by atoms with Crippen LogP contribution in [0.2, 0.25) is 0 Å². The molecule has 17 heavy (non-hydrogen) atoms. The number of halogens is 1. The highest BCUT2D eigenvalue weighted by Crippen LogP contribution is 2.30. The molecule has 0 saturated carbocycles. The van der Waals surface area contributed by atoms with Gasteiger partial charge >= 0.3 is 0 Å². The van der Waals surface area contributed by atoms with Crippen LogP contribution >= 0.6 is 15.9 Å². The van der Waals surface area contributed by atoms with E-state index in [1.807, 2.05) is 19.9 Å². The molecule has 2 atom stereocenters. The summed E-state index contributed by atoms with van der Waals surface area (Å²) < 4.78 is 5.41. The number of carbonyl (C=O) groups excluding carboxylic acids is 1. The molecule has 1 amide bonds. The normalized spacial score (nSPS) is 21.1. The molecule has 2 unspecified atom stereocenters. The highest BCUT2D eigenvalue weighted by atomic mass is 79.9. The third kappa shape index (κ3) is 2.73. The molecule has 0 spiro atoms. The lowest BCUT2D eigenvalue weighted by Crippen LogP contribution is -2.37. The summed E-state index contributed by atoms with van der Waals surface area (Å²) in [5.41, 5.74) is 1.15. The van der Waals surface area contributed by atoms with Crippen LogP contribution in [-0.2, 0) is 11.2 Å². The molecule has 1 aromatic rings. The number of hydrogen-bond acceptors (Lipinski definition) is 2. The van der Waals surface area contributed by atoms with Gasteiger partial charge < -0.3 is 9.73 Å². The van der Waals surface area contributed by atoms with Gasteiger partial charge in [0.05, 0.1) is 17.1 Å². The van der Waals surface area contributed by atoms with Gasteiger partial charge in [0.15, 0.2) is 0 Å². The monoisotopic (exact) mass is 299 g/mol. The van der Waals surface area contributed by atoms with Crippen LogP contribution in [0.1, 0.15) is 44.1 Å². The van der Waals surface area contributed by atoms with Crippen molar-refractivity contribution in [2.75, 3.05) is 0 Å². The van der Waals surface area contributed by atoms with Crippen molar-refractivity contribution in [2.24, 2.45) is 5.92 Å². The van der Waals surface area contributed by atoms with E-state index in [0.717, 1.165) is 30.6 Å². The predicted octanol–water partition coefficient (Wildman–Crippen LogP) is 3.19. The van der Waals surface area contributed by atoms with Crippen LogP contribution < -0.4 is 5.32 Å². The molecule has 0 aliphatic heterocycles. The zero-order valence-corrected chi connectivity index (χ0v) is 11.8. The van der Waals surface area contributed by atoms with Crippen LogP contribution in [0.5, 0.6) is 0 Å². The lowest BCUT2D eigenvalue weighted by atomic mass is 9.93. The van der Waals surface area contributed by atoms with Gasteiger partial charge in [0.25, 0.3) is 0 Å². The molecule has 94 valence electrons. The summed E-state index contributed by atoms with van der Waals surface area (Å²) in [5, 5.41) is 3.10. The fourth-order valence-electron chi connectivity index (χ4n) is 2.19. The summed E-state index contributed by atoms with van der Waals surface area (Å²) in [6.45, 7) is 4.06. The topological polar surface area (TPSA) is 42.2 Å². The molecule has 1 aliphatic rings. The Balaban J connectivity index is 2.04. The maximum Gasteiger partial charge on any atom is 0.234 e. The molecular formula is C13H18BrNO2. The maximum absolute atomic E-state index is 12.0. The number of furan rings is 1. The van der Waals surface area contributed by atoms with Crippen LogP contribution in [0, 0.1) is 5.92 Å². The van der Waals surface area contributed by atoms with E-state index in [9.17, 15) is 4.79 Å². The van der Waals surface area contributed by atoms with Crippen molar-refractivity contribution in [1.82, 2.24) is 5.32 Å². The minimum atomic E-state index is -0.125. The minimum absolute atomic E-state index is 0.0686. The quantitative estimate of drug-likeness (QED) is 0.871. The van der Waals surface area contributed by atoms with E-state index in [2.05, 4.69) is 21.2 Å². The van der Waals surface area contributed by atoms with E-state index in [4.69, 9.17) is 4.42 Å². The average molecular weight is 300 g/mol. The first-order valence-corrected chi connectivity index (χ1v) is 7.02. The third-order valence-corrected chi connectivity index (χ3v) is 4.68. The van der Waals surface area contributed by atoms with Crippen molar-refractivity contribution < 1.29 is 9.21 Å². The number of rotatable bonds is 3. The first-order valence-electron chi connectivity index (χ1n) is 6.10. The number of alkyl halides is 1. The van der Waals surface area contributed by atoms with Crippen molar-refractivity contribution in [3.8, 4) is 0 Å². The van der Waals surface area contributed by atoms with Crippen LogP contribution in [0.25, 0.3) is 0 Å².